The second kappa shape index (κ2) is 8.99. The standard InChI is InChI=1S/C16H24Cl2N4O/c1-16(2,3)22-14(23)10-21-15(19-4)20-9-8-11-12(17)6-5-7-13(11)18/h5-7H,8-10H2,1-4H3,(H,22,23)(H2,19,20,21). The fourth-order valence-corrected chi connectivity index (χ4v) is 2.51. The Labute approximate surface area is 147 Å². The Balaban J connectivity index is 2.42. The fourth-order valence-electron chi connectivity index (χ4n) is 1.92. The number of rotatable bonds is 5. The molecule has 23 heavy (non-hydrogen) atoms. The monoisotopic (exact) mass is 358 g/mol. The lowest BCUT2D eigenvalue weighted by Crippen LogP contribution is -2.48. The van der Waals surface area contributed by atoms with Crippen LogP contribution in [0.5, 0.6) is 0 Å². The first-order valence-electron chi connectivity index (χ1n) is 7.41. The number of carbonyl (C=O) groups is 1. The molecule has 0 fully saturated rings. The van der Waals surface area contributed by atoms with Crippen molar-refractivity contribution in [2.24, 2.45) is 4.99 Å². The molecular formula is C16H24Cl2N4O. The molecule has 0 saturated carbocycles. The normalized spacial score (nSPS) is 12.0. The van der Waals surface area contributed by atoms with Crippen LogP contribution in [0, 0.1) is 0 Å². The molecule has 3 N–H and O–H groups in total. The lowest BCUT2D eigenvalue weighted by atomic mass is 10.1. The van der Waals surface area contributed by atoms with Crippen molar-refractivity contribution in [1.82, 2.24) is 16.0 Å². The zero-order valence-corrected chi connectivity index (χ0v) is 15.5. The molecule has 0 aliphatic heterocycles. The number of benzene rings is 1. The van der Waals surface area contributed by atoms with Crippen LogP contribution in [0.3, 0.4) is 0 Å². The highest BCUT2D eigenvalue weighted by molar-refractivity contribution is 6.35. The Hall–Kier alpha value is -1.46. The first kappa shape index (κ1) is 19.6. The average molecular weight is 359 g/mol. The van der Waals surface area contributed by atoms with Crippen molar-refractivity contribution in [3.63, 3.8) is 0 Å². The maximum atomic E-state index is 11.8. The molecule has 0 spiro atoms. The van der Waals surface area contributed by atoms with E-state index in [1.54, 1.807) is 7.05 Å². The van der Waals surface area contributed by atoms with E-state index in [2.05, 4.69) is 20.9 Å². The van der Waals surface area contributed by atoms with E-state index >= 15 is 0 Å². The number of halogens is 2. The molecule has 1 amide bonds. The Morgan fingerprint density at radius 1 is 1.17 bits per heavy atom. The highest BCUT2D eigenvalue weighted by Crippen LogP contribution is 2.24. The molecule has 128 valence electrons. The van der Waals surface area contributed by atoms with E-state index in [9.17, 15) is 4.79 Å². The molecule has 0 aliphatic rings. The molecule has 0 unspecified atom stereocenters. The van der Waals surface area contributed by atoms with Gasteiger partial charge in [0.25, 0.3) is 0 Å². The summed E-state index contributed by atoms with van der Waals surface area (Å²) in [5.41, 5.74) is 0.639. The maximum Gasteiger partial charge on any atom is 0.239 e. The quantitative estimate of drug-likeness (QED) is 0.559. The van der Waals surface area contributed by atoms with Gasteiger partial charge < -0.3 is 16.0 Å². The fraction of sp³-hybridized carbons (Fsp3) is 0.500. The van der Waals surface area contributed by atoms with Gasteiger partial charge in [-0.1, -0.05) is 29.3 Å². The van der Waals surface area contributed by atoms with Crippen molar-refractivity contribution >= 4 is 35.1 Å². The van der Waals surface area contributed by atoms with Gasteiger partial charge in [0, 0.05) is 29.2 Å². The summed E-state index contributed by atoms with van der Waals surface area (Å²) in [6.45, 7) is 6.57. The predicted octanol–water partition coefficient (Wildman–Crippen LogP) is 2.62. The summed E-state index contributed by atoms with van der Waals surface area (Å²) in [4.78, 5) is 15.9. The van der Waals surface area contributed by atoms with Crippen LogP contribution < -0.4 is 16.0 Å². The molecule has 7 heteroatoms. The van der Waals surface area contributed by atoms with Crippen LogP contribution in [0.2, 0.25) is 10.0 Å². The van der Waals surface area contributed by atoms with Crippen molar-refractivity contribution in [2.45, 2.75) is 32.7 Å². The second-order valence-corrected chi connectivity index (χ2v) is 6.92. The summed E-state index contributed by atoms with van der Waals surface area (Å²) in [6.07, 6.45) is 0.660. The van der Waals surface area contributed by atoms with Gasteiger partial charge in [0.15, 0.2) is 5.96 Å². The Morgan fingerprint density at radius 2 is 1.78 bits per heavy atom. The van der Waals surface area contributed by atoms with Gasteiger partial charge in [0.2, 0.25) is 5.91 Å². The van der Waals surface area contributed by atoms with Gasteiger partial charge in [-0.15, -0.1) is 0 Å². The van der Waals surface area contributed by atoms with Crippen molar-refractivity contribution in [2.75, 3.05) is 20.1 Å². The highest BCUT2D eigenvalue weighted by Gasteiger charge is 2.13. The van der Waals surface area contributed by atoms with E-state index in [-0.39, 0.29) is 18.0 Å². The lowest BCUT2D eigenvalue weighted by molar-refractivity contribution is -0.121. The SMILES string of the molecule is CN=C(NCCc1c(Cl)cccc1Cl)NCC(=O)NC(C)(C)C. The van der Waals surface area contributed by atoms with Gasteiger partial charge in [-0.05, 0) is 44.9 Å². The second-order valence-electron chi connectivity index (χ2n) is 6.10. The van der Waals surface area contributed by atoms with Crippen LogP contribution in [-0.4, -0.2) is 37.5 Å². The molecule has 0 atom stereocenters. The summed E-state index contributed by atoms with van der Waals surface area (Å²) in [7, 11) is 1.65. The summed E-state index contributed by atoms with van der Waals surface area (Å²) in [5, 5.41) is 10.3. The molecule has 0 radical (unpaired) electrons. The number of aliphatic imine (C=N–C) groups is 1. The third kappa shape index (κ3) is 7.57. The first-order valence-corrected chi connectivity index (χ1v) is 8.17. The smallest absolute Gasteiger partial charge is 0.239 e. The third-order valence-electron chi connectivity index (χ3n) is 2.88. The molecule has 0 aromatic heterocycles. The molecular weight excluding hydrogens is 335 g/mol. The van der Waals surface area contributed by atoms with E-state index in [1.165, 1.54) is 0 Å². The van der Waals surface area contributed by atoms with Gasteiger partial charge in [-0.25, -0.2) is 0 Å². The van der Waals surface area contributed by atoms with Gasteiger partial charge >= 0.3 is 0 Å². The number of hydrogen-bond donors (Lipinski definition) is 3. The van der Waals surface area contributed by atoms with Crippen LogP contribution in [0.15, 0.2) is 23.2 Å². The van der Waals surface area contributed by atoms with Gasteiger partial charge in [-0.3, -0.25) is 9.79 Å². The van der Waals surface area contributed by atoms with Gasteiger partial charge in [-0.2, -0.15) is 0 Å². The van der Waals surface area contributed by atoms with E-state index in [0.29, 0.717) is 29.0 Å². The molecule has 1 rings (SSSR count). The zero-order valence-electron chi connectivity index (χ0n) is 14.0. The largest absolute Gasteiger partial charge is 0.356 e. The van der Waals surface area contributed by atoms with Gasteiger partial charge in [0.05, 0.1) is 6.54 Å². The van der Waals surface area contributed by atoms with Crippen LogP contribution >= 0.6 is 23.2 Å². The Morgan fingerprint density at radius 3 is 2.30 bits per heavy atom. The highest BCUT2D eigenvalue weighted by atomic mass is 35.5. The molecule has 1 aromatic rings. The summed E-state index contributed by atoms with van der Waals surface area (Å²) < 4.78 is 0. The number of hydrogen-bond acceptors (Lipinski definition) is 2. The number of carbonyl (C=O) groups excluding carboxylic acids is 1. The van der Waals surface area contributed by atoms with Crippen molar-refractivity contribution in [3.05, 3.63) is 33.8 Å². The first-order chi connectivity index (χ1) is 10.7. The van der Waals surface area contributed by atoms with E-state index < -0.39 is 0 Å². The predicted molar refractivity (Wildman–Crippen MR) is 97.4 cm³/mol. The minimum absolute atomic E-state index is 0.0883. The summed E-state index contributed by atoms with van der Waals surface area (Å²) in [6, 6.07) is 5.44. The molecule has 0 aliphatic carbocycles. The average Bonchev–Trinajstić information content (AvgIpc) is 2.43. The minimum Gasteiger partial charge on any atom is -0.356 e. The van der Waals surface area contributed by atoms with Crippen molar-refractivity contribution in [1.29, 1.82) is 0 Å². The van der Waals surface area contributed by atoms with E-state index in [0.717, 1.165) is 5.56 Å². The van der Waals surface area contributed by atoms with Crippen LogP contribution in [0.1, 0.15) is 26.3 Å². The molecule has 1 aromatic carbocycles. The van der Waals surface area contributed by atoms with E-state index in [4.69, 9.17) is 23.2 Å². The van der Waals surface area contributed by atoms with E-state index in [1.807, 2.05) is 39.0 Å². The maximum absolute atomic E-state index is 11.8. The number of guanidine groups is 1. The van der Waals surface area contributed by atoms with Crippen LogP contribution in [0.25, 0.3) is 0 Å². The lowest BCUT2D eigenvalue weighted by Gasteiger charge is -2.21. The van der Waals surface area contributed by atoms with Crippen molar-refractivity contribution < 1.29 is 4.79 Å². The zero-order chi connectivity index (χ0) is 17.5. The Kier molecular flexibility index (Phi) is 7.65. The minimum atomic E-state index is -0.253. The molecule has 5 nitrogen and oxygen atoms in total. The van der Waals surface area contributed by atoms with Crippen LogP contribution in [-0.2, 0) is 11.2 Å². The molecule has 0 heterocycles. The summed E-state index contributed by atoms with van der Waals surface area (Å²) >= 11 is 12.3. The van der Waals surface area contributed by atoms with Crippen molar-refractivity contribution in [3.8, 4) is 0 Å². The third-order valence-corrected chi connectivity index (χ3v) is 3.59. The number of nitrogens with zero attached hydrogens (tertiary/aromatic N) is 1. The van der Waals surface area contributed by atoms with Gasteiger partial charge in [0.1, 0.15) is 0 Å². The number of nitrogens with one attached hydrogen (secondary N) is 3. The van der Waals surface area contributed by atoms with Crippen LogP contribution in [0.4, 0.5) is 0 Å². The molecule has 0 bridgehead atoms. The summed E-state index contributed by atoms with van der Waals surface area (Å²) in [5.74, 6) is 0.465. The molecule has 0 saturated heterocycles. The number of amides is 1. The topological polar surface area (TPSA) is 65.5 Å². The Bertz CT molecular complexity index is 547.